The van der Waals surface area contributed by atoms with E-state index >= 15 is 0 Å². The SMILES string of the molecule is Cc1cc(OC[C@@H]2CCN(C(C)c3ccc4c(n3)OCCO4)C2)cc(C)n1. The van der Waals surface area contributed by atoms with E-state index in [2.05, 4.69) is 21.8 Å². The lowest BCUT2D eigenvalue weighted by Gasteiger charge is -2.25. The van der Waals surface area contributed by atoms with E-state index in [1.54, 1.807) is 0 Å². The number of rotatable bonds is 5. The molecule has 6 nitrogen and oxygen atoms in total. The summed E-state index contributed by atoms with van der Waals surface area (Å²) in [6.07, 6.45) is 1.14. The molecule has 144 valence electrons. The van der Waals surface area contributed by atoms with E-state index in [0.29, 0.717) is 25.0 Å². The molecule has 1 saturated heterocycles. The standard InChI is InChI=1S/C21H27N3O3/c1-14-10-18(11-15(2)22-14)27-13-17-6-7-24(12-17)16(3)19-4-5-20-21(23-19)26-9-8-25-20/h4-5,10-11,16-17H,6-9,12-13H2,1-3H3/t16?,17-/m1/s1. The molecule has 1 fully saturated rings. The number of hydrogen-bond donors (Lipinski definition) is 0. The molecule has 27 heavy (non-hydrogen) atoms. The van der Waals surface area contributed by atoms with Gasteiger partial charge in [0.1, 0.15) is 19.0 Å². The number of ether oxygens (including phenoxy) is 3. The van der Waals surface area contributed by atoms with Crippen LogP contribution >= 0.6 is 0 Å². The second-order valence-electron chi connectivity index (χ2n) is 7.46. The first-order valence-corrected chi connectivity index (χ1v) is 9.67. The van der Waals surface area contributed by atoms with Gasteiger partial charge in [-0.05, 0) is 45.9 Å². The minimum absolute atomic E-state index is 0.247. The molecule has 0 aliphatic carbocycles. The summed E-state index contributed by atoms with van der Waals surface area (Å²) < 4.78 is 17.2. The number of aryl methyl sites for hydroxylation is 2. The van der Waals surface area contributed by atoms with E-state index in [1.165, 1.54) is 0 Å². The zero-order valence-electron chi connectivity index (χ0n) is 16.3. The fourth-order valence-electron chi connectivity index (χ4n) is 3.81. The van der Waals surface area contributed by atoms with Gasteiger partial charge in [-0.15, -0.1) is 0 Å². The molecule has 0 N–H and O–H groups in total. The third kappa shape index (κ3) is 4.16. The third-order valence-corrected chi connectivity index (χ3v) is 5.26. The normalized spacial score (nSPS) is 20.5. The van der Waals surface area contributed by atoms with Gasteiger partial charge in [0.2, 0.25) is 0 Å². The minimum atomic E-state index is 0.247. The highest BCUT2D eigenvalue weighted by molar-refractivity contribution is 5.36. The quantitative estimate of drug-likeness (QED) is 0.806. The van der Waals surface area contributed by atoms with Crippen molar-refractivity contribution in [2.75, 3.05) is 32.9 Å². The number of likely N-dealkylation sites (tertiary alicyclic amines) is 1. The second kappa shape index (κ2) is 7.72. The highest BCUT2D eigenvalue weighted by Crippen LogP contribution is 2.32. The van der Waals surface area contributed by atoms with Gasteiger partial charge in [-0.1, -0.05) is 0 Å². The van der Waals surface area contributed by atoms with Crippen LogP contribution in [0.15, 0.2) is 24.3 Å². The zero-order chi connectivity index (χ0) is 18.8. The van der Waals surface area contributed by atoms with Crippen LogP contribution in [0.25, 0.3) is 0 Å². The van der Waals surface area contributed by atoms with E-state index in [9.17, 15) is 0 Å². The van der Waals surface area contributed by atoms with Gasteiger partial charge < -0.3 is 14.2 Å². The molecular weight excluding hydrogens is 342 g/mol. The van der Waals surface area contributed by atoms with Gasteiger partial charge in [0.15, 0.2) is 5.75 Å². The van der Waals surface area contributed by atoms with Crippen molar-refractivity contribution in [3.63, 3.8) is 0 Å². The highest BCUT2D eigenvalue weighted by Gasteiger charge is 2.28. The molecule has 1 unspecified atom stereocenters. The Kier molecular flexibility index (Phi) is 5.16. The third-order valence-electron chi connectivity index (χ3n) is 5.26. The van der Waals surface area contributed by atoms with E-state index in [0.717, 1.165) is 54.7 Å². The lowest BCUT2D eigenvalue weighted by Crippen LogP contribution is -2.27. The Labute approximate surface area is 160 Å². The fourth-order valence-corrected chi connectivity index (χ4v) is 3.81. The Morgan fingerprint density at radius 1 is 1.15 bits per heavy atom. The monoisotopic (exact) mass is 369 g/mol. The molecule has 0 bridgehead atoms. The van der Waals surface area contributed by atoms with Crippen LogP contribution in [0, 0.1) is 19.8 Å². The topological polar surface area (TPSA) is 56.7 Å². The molecule has 0 spiro atoms. The number of fused-ring (bicyclic) bond motifs is 1. The van der Waals surface area contributed by atoms with Crippen molar-refractivity contribution in [1.29, 1.82) is 0 Å². The predicted octanol–water partition coefficient (Wildman–Crippen LogP) is 3.33. The Morgan fingerprint density at radius 3 is 2.74 bits per heavy atom. The van der Waals surface area contributed by atoms with Crippen molar-refractivity contribution in [3.05, 3.63) is 41.3 Å². The van der Waals surface area contributed by atoms with Crippen LogP contribution in [0.1, 0.15) is 36.5 Å². The Morgan fingerprint density at radius 2 is 1.93 bits per heavy atom. The van der Waals surface area contributed by atoms with Crippen molar-refractivity contribution in [2.24, 2.45) is 5.92 Å². The molecule has 0 amide bonds. The molecule has 2 atom stereocenters. The zero-order valence-corrected chi connectivity index (χ0v) is 16.3. The molecule has 0 aromatic carbocycles. The molecule has 4 rings (SSSR count). The van der Waals surface area contributed by atoms with Crippen molar-refractivity contribution >= 4 is 0 Å². The maximum atomic E-state index is 6.04. The molecule has 2 aliphatic heterocycles. The van der Waals surface area contributed by atoms with Crippen molar-refractivity contribution in [1.82, 2.24) is 14.9 Å². The molecule has 2 aromatic heterocycles. The summed E-state index contributed by atoms with van der Waals surface area (Å²) in [5, 5.41) is 0. The summed E-state index contributed by atoms with van der Waals surface area (Å²) in [6.45, 7) is 10.2. The number of nitrogens with zero attached hydrogens (tertiary/aromatic N) is 3. The Balaban J connectivity index is 1.34. The van der Waals surface area contributed by atoms with Gasteiger partial charge >= 0.3 is 0 Å². The minimum Gasteiger partial charge on any atom is -0.493 e. The molecule has 4 heterocycles. The van der Waals surface area contributed by atoms with Gasteiger partial charge in [0.05, 0.1) is 12.3 Å². The van der Waals surface area contributed by atoms with Gasteiger partial charge in [0.25, 0.3) is 5.88 Å². The molecule has 0 radical (unpaired) electrons. The smallest absolute Gasteiger partial charge is 0.257 e. The predicted molar refractivity (Wildman–Crippen MR) is 103 cm³/mol. The number of hydrogen-bond acceptors (Lipinski definition) is 6. The summed E-state index contributed by atoms with van der Waals surface area (Å²) in [4.78, 5) is 11.5. The van der Waals surface area contributed by atoms with Crippen LogP contribution in [-0.2, 0) is 0 Å². The summed E-state index contributed by atoms with van der Waals surface area (Å²) in [7, 11) is 0. The first-order valence-electron chi connectivity index (χ1n) is 9.67. The van der Waals surface area contributed by atoms with Gasteiger partial charge in [-0.3, -0.25) is 9.88 Å². The maximum Gasteiger partial charge on any atom is 0.257 e. The maximum absolute atomic E-state index is 6.04. The molecule has 2 aliphatic rings. The molecule has 0 saturated carbocycles. The Bertz CT molecular complexity index is 791. The largest absolute Gasteiger partial charge is 0.493 e. The van der Waals surface area contributed by atoms with Crippen LogP contribution in [0.3, 0.4) is 0 Å². The Hall–Kier alpha value is -2.34. The van der Waals surface area contributed by atoms with Crippen LogP contribution in [0.2, 0.25) is 0 Å². The van der Waals surface area contributed by atoms with Crippen LogP contribution < -0.4 is 14.2 Å². The first kappa shape index (κ1) is 18.0. The highest BCUT2D eigenvalue weighted by atomic mass is 16.6. The van der Waals surface area contributed by atoms with Crippen LogP contribution in [-0.4, -0.2) is 47.8 Å². The number of aromatic nitrogens is 2. The fraction of sp³-hybridized carbons (Fsp3) is 0.524. The van der Waals surface area contributed by atoms with Crippen molar-refractivity contribution in [2.45, 2.75) is 33.2 Å². The van der Waals surface area contributed by atoms with Gasteiger partial charge in [-0.25, -0.2) is 4.98 Å². The molecule has 2 aromatic rings. The van der Waals surface area contributed by atoms with E-state index in [-0.39, 0.29) is 6.04 Å². The lowest BCUT2D eigenvalue weighted by molar-refractivity contribution is 0.161. The average molecular weight is 369 g/mol. The first-order chi connectivity index (χ1) is 13.1. The average Bonchev–Trinajstić information content (AvgIpc) is 3.14. The second-order valence-corrected chi connectivity index (χ2v) is 7.46. The number of pyridine rings is 2. The van der Waals surface area contributed by atoms with Gasteiger partial charge in [-0.2, -0.15) is 0 Å². The summed E-state index contributed by atoms with van der Waals surface area (Å²) >= 11 is 0. The summed E-state index contributed by atoms with van der Waals surface area (Å²) in [6, 6.07) is 8.27. The van der Waals surface area contributed by atoms with Crippen LogP contribution in [0.5, 0.6) is 17.4 Å². The van der Waals surface area contributed by atoms with Gasteiger partial charge in [0, 0.05) is 42.0 Å². The van der Waals surface area contributed by atoms with E-state index in [1.807, 2.05) is 38.1 Å². The van der Waals surface area contributed by atoms with Crippen molar-refractivity contribution in [3.8, 4) is 17.4 Å². The molecular formula is C21H27N3O3. The van der Waals surface area contributed by atoms with E-state index in [4.69, 9.17) is 14.2 Å². The van der Waals surface area contributed by atoms with Crippen LogP contribution in [0.4, 0.5) is 0 Å². The molecule has 6 heteroatoms. The summed E-state index contributed by atoms with van der Waals surface area (Å²) in [5.74, 6) is 2.80. The van der Waals surface area contributed by atoms with Crippen molar-refractivity contribution < 1.29 is 14.2 Å². The summed E-state index contributed by atoms with van der Waals surface area (Å²) in [5.41, 5.74) is 3.02. The lowest BCUT2D eigenvalue weighted by atomic mass is 10.1. The van der Waals surface area contributed by atoms with E-state index < -0.39 is 0 Å².